The van der Waals surface area contributed by atoms with Crippen molar-refractivity contribution in [3.8, 4) is 5.75 Å². The molecule has 1 aromatic carbocycles. The van der Waals surface area contributed by atoms with Gasteiger partial charge in [-0.2, -0.15) is 0 Å². The summed E-state index contributed by atoms with van der Waals surface area (Å²) in [6, 6.07) is 4.77. The van der Waals surface area contributed by atoms with Crippen molar-refractivity contribution in [1.29, 1.82) is 0 Å². The third kappa shape index (κ3) is 3.88. The Kier molecular flexibility index (Phi) is 4.86. The average Bonchev–Trinajstić information content (AvgIpc) is 2.44. The predicted molar refractivity (Wildman–Crippen MR) is 82.5 cm³/mol. The van der Waals surface area contributed by atoms with Gasteiger partial charge >= 0.3 is 0 Å². The summed E-state index contributed by atoms with van der Waals surface area (Å²) in [6.07, 6.45) is 0. The molecule has 0 saturated carbocycles. The zero-order valence-electron chi connectivity index (χ0n) is 12.3. The van der Waals surface area contributed by atoms with Gasteiger partial charge in [0.15, 0.2) is 0 Å². The van der Waals surface area contributed by atoms with E-state index in [0.29, 0.717) is 24.6 Å². The Labute approximate surface area is 129 Å². The quantitative estimate of drug-likeness (QED) is 0.674. The minimum Gasteiger partial charge on any atom is -0.494 e. The van der Waals surface area contributed by atoms with Crippen LogP contribution in [0.5, 0.6) is 5.75 Å². The zero-order valence-corrected chi connectivity index (χ0v) is 13.2. The van der Waals surface area contributed by atoms with Crippen LogP contribution in [0.25, 0.3) is 0 Å². The number of carbonyl (C=O) groups is 1. The van der Waals surface area contributed by atoms with E-state index in [1.807, 2.05) is 6.92 Å². The second-order valence-corrected chi connectivity index (χ2v) is 6.19. The van der Waals surface area contributed by atoms with Gasteiger partial charge in [0.1, 0.15) is 10.6 Å². The van der Waals surface area contributed by atoms with Gasteiger partial charge in [0, 0.05) is 19.5 Å². The van der Waals surface area contributed by atoms with Crippen LogP contribution >= 0.6 is 0 Å². The molecule has 0 fully saturated rings. The molecule has 9 heteroatoms. The molecular formula is C13H18N4O4S. The molecule has 120 valence electrons. The molecule has 3 N–H and O–H groups in total. The van der Waals surface area contributed by atoms with E-state index < -0.39 is 10.0 Å². The number of guanidine groups is 1. The topological polar surface area (TPSA) is 109 Å². The lowest BCUT2D eigenvalue weighted by Crippen LogP contribution is -2.41. The second kappa shape index (κ2) is 6.65. The van der Waals surface area contributed by atoms with Crippen LogP contribution in [0.2, 0.25) is 0 Å². The lowest BCUT2D eigenvalue weighted by atomic mass is 10.3. The molecule has 0 aromatic heterocycles. The minimum absolute atomic E-state index is 0.110. The number of amides is 1. The molecular weight excluding hydrogens is 308 g/mol. The van der Waals surface area contributed by atoms with Crippen molar-refractivity contribution in [2.45, 2.75) is 18.7 Å². The molecule has 0 bridgehead atoms. The predicted octanol–water partition coefficient (Wildman–Crippen LogP) is 0.281. The van der Waals surface area contributed by atoms with Crippen molar-refractivity contribution in [3.63, 3.8) is 0 Å². The Hall–Kier alpha value is -2.29. The van der Waals surface area contributed by atoms with Crippen molar-refractivity contribution >= 4 is 27.6 Å². The van der Waals surface area contributed by atoms with Gasteiger partial charge in [0.25, 0.3) is 10.0 Å². The Bertz CT molecular complexity index is 700. The van der Waals surface area contributed by atoms with E-state index in [1.54, 1.807) is 12.1 Å². The number of hydrogen-bond acceptors (Lipinski definition) is 5. The summed E-state index contributed by atoms with van der Waals surface area (Å²) in [5.74, 6) is 0.452. The number of anilines is 1. The number of ether oxygens (including phenoxy) is 1. The van der Waals surface area contributed by atoms with Crippen LogP contribution in [-0.4, -0.2) is 40.0 Å². The van der Waals surface area contributed by atoms with Gasteiger partial charge in [-0.25, -0.2) is 13.1 Å². The smallest absolute Gasteiger partial charge is 0.266 e. The lowest BCUT2D eigenvalue weighted by Gasteiger charge is -2.22. The van der Waals surface area contributed by atoms with Crippen LogP contribution in [0.4, 0.5) is 5.69 Å². The van der Waals surface area contributed by atoms with Gasteiger partial charge in [-0.15, -0.1) is 0 Å². The number of rotatable bonds is 5. The van der Waals surface area contributed by atoms with Crippen LogP contribution in [-0.2, 0) is 14.8 Å². The molecule has 0 aliphatic carbocycles. The van der Waals surface area contributed by atoms with Crippen molar-refractivity contribution in [2.24, 2.45) is 4.99 Å². The molecule has 0 unspecified atom stereocenters. The highest BCUT2D eigenvalue weighted by atomic mass is 32.2. The number of nitrogens with zero attached hydrogens (tertiary/aromatic N) is 1. The van der Waals surface area contributed by atoms with Crippen LogP contribution in [0.15, 0.2) is 28.1 Å². The molecule has 22 heavy (non-hydrogen) atoms. The number of fused-ring (bicyclic) bond motifs is 1. The Morgan fingerprint density at radius 1 is 1.41 bits per heavy atom. The molecule has 0 radical (unpaired) electrons. The van der Waals surface area contributed by atoms with Crippen molar-refractivity contribution < 1.29 is 17.9 Å². The Balaban J connectivity index is 2.17. The highest BCUT2D eigenvalue weighted by molar-refractivity contribution is 7.90. The van der Waals surface area contributed by atoms with E-state index in [1.165, 1.54) is 13.0 Å². The molecule has 1 amide bonds. The maximum atomic E-state index is 12.2. The number of sulfonamides is 1. The normalized spacial score (nSPS) is 17.1. The first-order valence-electron chi connectivity index (χ1n) is 6.78. The van der Waals surface area contributed by atoms with Gasteiger partial charge in [-0.3, -0.25) is 9.79 Å². The first kappa shape index (κ1) is 16.1. The number of benzene rings is 1. The van der Waals surface area contributed by atoms with Crippen LogP contribution in [0, 0.1) is 0 Å². The zero-order chi connectivity index (χ0) is 16.2. The lowest BCUT2D eigenvalue weighted by molar-refractivity contribution is -0.118. The third-order valence-corrected chi connectivity index (χ3v) is 4.17. The van der Waals surface area contributed by atoms with Gasteiger partial charge in [-0.05, 0) is 19.1 Å². The molecule has 0 spiro atoms. The molecule has 1 aliphatic rings. The second-order valence-electron chi connectivity index (χ2n) is 4.53. The average molecular weight is 326 g/mol. The minimum atomic E-state index is -3.70. The maximum Gasteiger partial charge on any atom is 0.266 e. The van der Waals surface area contributed by atoms with E-state index >= 15 is 0 Å². The molecule has 1 aliphatic heterocycles. The summed E-state index contributed by atoms with van der Waals surface area (Å²) in [6.45, 7) is 4.27. The van der Waals surface area contributed by atoms with E-state index in [9.17, 15) is 13.2 Å². The molecule has 0 atom stereocenters. The highest BCUT2D eigenvalue weighted by Gasteiger charge is 2.26. The number of aliphatic imine (C=N–C) groups is 1. The van der Waals surface area contributed by atoms with Gasteiger partial charge in [-0.1, -0.05) is 0 Å². The van der Waals surface area contributed by atoms with Gasteiger partial charge < -0.3 is 15.4 Å². The number of carbonyl (C=O) groups excluding carboxylic acids is 1. The van der Waals surface area contributed by atoms with Crippen LogP contribution < -0.4 is 20.1 Å². The fraction of sp³-hybridized carbons (Fsp3) is 0.385. The molecule has 1 heterocycles. The molecule has 1 aromatic rings. The first-order valence-corrected chi connectivity index (χ1v) is 8.26. The van der Waals surface area contributed by atoms with E-state index in [0.717, 1.165) is 0 Å². The monoisotopic (exact) mass is 326 g/mol. The van der Waals surface area contributed by atoms with Crippen molar-refractivity contribution in [2.75, 3.05) is 25.0 Å². The van der Waals surface area contributed by atoms with Crippen molar-refractivity contribution in [3.05, 3.63) is 18.2 Å². The first-order chi connectivity index (χ1) is 10.4. The summed E-state index contributed by atoms with van der Waals surface area (Å²) in [7, 11) is -3.70. The number of hydrogen-bond donors (Lipinski definition) is 3. The standard InChI is InChI=1S/C13H18N4O4S/c1-3-21-10-4-5-11-12(8-10)22(19,20)17-13(16-11)15-7-6-14-9(2)18/h4-5,8H,3,6-7H2,1-2H3,(H,14,18)(H2,15,16,17). The maximum absolute atomic E-state index is 12.2. The summed E-state index contributed by atoms with van der Waals surface area (Å²) in [4.78, 5) is 14.9. The Morgan fingerprint density at radius 2 is 2.18 bits per heavy atom. The van der Waals surface area contributed by atoms with Gasteiger partial charge in [0.05, 0.1) is 18.8 Å². The Morgan fingerprint density at radius 3 is 2.86 bits per heavy atom. The molecule has 8 nitrogen and oxygen atoms in total. The highest BCUT2D eigenvalue weighted by Crippen LogP contribution is 2.28. The summed E-state index contributed by atoms with van der Waals surface area (Å²) >= 11 is 0. The summed E-state index contributed by atoms with van der Waals surface area (Å²) in [5.41, 5.74) is 0.431. The van der Waals surface area contributed by atoms with Crippen LogP contribution in [0.1, 0.15) is 13.8 Å². The number of nitrogens with one attached hydrogen (secondary N) is 3. The summed E-state index contributed by atoms with van der Waals surface area (Å²) in [5, 5.41) is 5.48. The van der Waals surface area contributed by atoms with Gasteiger partial charge in [0.2, 0.25) is 11.9 Å². The summed E-state index contributed by atoms with van der Waals surface area (Å²) < 4.78 is 32.1. The van der Waals surface area contributed by atoms with Crippen LogP contribution in [0.3, 0.4) is 0 Å². The fourth-order valence-electron chi connectivity index (χ4n) is 1.89. The third-order valence-electron chi connectivity index (χ3n) is 2.79. The fourth-order valence-corrected chi connectivity index (χ4v) is 3.05. The largest absolute Gasteiger partial charge is 0.494 e. The molecule has 0 saturated heterocycles. The SMILES string of the molecule is CCOc1ccc2c(c1)S(=O)(=O)NC(=NCCNC(C)=O)N2. The van der Waals surface area contributed by atoms with E-state index in [2.05, 4.69) is 20.3 Å². The molecule has 2 rings (SSSR count). The van der Waals surface area contributed by atoms with E-state index in [-0.39, 0.29) is 23.3 Å². The van der Waals surface area contributed by atoms with E-state index in [4.69, 9.17) is 4.74 Å². The van der Waals surface area contributed by atoms with Crippen molar-refractivity contribution in [1.82, 2.24) is 10.0 Å².